The maximum absolute atomic E-state index is 10.7. The van der Waals surface area contributed by atoms with E-state index in [4.69, 9.17) is 0 Å². The van der Waals surface area contributed by atoms with Crippen LogP contribution in [0.5, 0.6) is 0 Å². The molecule has 1 heterocycles. The lowest BCUT2D eigenvalue weighted by molar-refractivity contribution is -0.116. The summed E-state index contributed by atoms with van der Waals surface area (Å²) in [4.78, 5) is 15.1. The molecule has 0 N–H and O–H groups in total. The first-order chi connectivity index (χ1) is 6.08. The fourth-order valence-corrected chi connectivity index (χ4v) is 1.72. The first-order valence-electron chi connectivity index (χ1n) is 4.20. The Morgan fingerprint density at radius 1 is 1.54 bits per heavy atom. The van der Waals surface area contributed by atoms with E-state index in [1.54, 1.807) is 6.92 Å². The van der Waals surface area contributed by atoms with Crippen molar-refractivity contribution in [2.24, 2.45) is 0 Å². The van der Waals surface area contributed by atoms with Crippen LogP contribution in [0, 0.1) is 6.92 Å². The van der Waals surface area contributed by atoms with Crippen molar-refractivity contribution in [2.45, 2.75) is 26.7 Å². The van der Waals surface area contributed by atoms with Gasteiger partial charge in [0.05, 0.1) is 0 Å². The van der Waals surface area contributed by atoms with E-state index in [0.29, 0.717) is 6.42 Å². The van der Waals surface area contributed by atoms with Crippen LogP contribution >= 0.6 is 15.9 Å². The first kappa shape index (κ1) is 10.4. The van der Waals surface area contributed by atoms with E-state index in [0.717, 1.165) is 22.3 Å². The zero-order valence-electron chi connectivity index (χ0n) is 7.80. The molecule has 0 aliphatic carbocycles. The van der Waals surface area contributed by atoms with Crippen LogP contribution in [0.15, 0.2) is 16.6 Å². The number of aryl methyl sites for hydroxylation is 2. The van der Waals surface area contributed by atoms with Gasteiger partial charge in [-0.05, 0) is 32.4 Å². The van der Waals surface area contributed by atoms with Gasteiger partial charge < -0.3 is 4.79 Å². The van der Waals surface area contributed by atoms with Crippen molar-refractivity contribution in [1.82, 2.24) is 4.98 Å². The number of rotatable bonds is 3. The molecule has 0 saturated heterocycles. The first-order valence-corrected chi connectivity index (χ1v) is 5.00. The van der Waals surface area contributed by atoms with Gasteiger partial charge in [0.1, 0.15) is 5.78 Å². The van der Waals surface area contributed by atoms with E-state index in [1.165, 1.54) is 0 Å². The second-order valence-electron chi connectivity index (χ2n) is 3.12. The van der Waals surface area contributed by atoms with Gasteiger partial charge in [-0.25, -0.2) is 0 Å². The molecule has 1 aromatic heterocycles. The highest BCUT2D eigenvalue weighted by Crippen LogP contribution is 2.13. The molecule has 0 atom stereocenters. The van der Waals surface area contributed by atoms with Crippen molar-refractivity contribution in [3.8, 4) is 0 Å². The molecule has 1 rings (SSSR count). The van der Waals surface area contributed by atoms with E-state index < -0.39 is 0 Å². The molecule has 2 nitrogen and oxygen atoms in total. The molecule has 13 heavy (non-hydrogen) atoms. The van der Waals surface area contributed by atoms with Crippen molar-refractivity contribution < 1.29 is 4.79 Å². The molecule has 0 unspecified atom stereocenters. The lowest BCUT2D eigenvalue weighted by atomic mass is 10.2. The minimum atomic E-state index is 0.208. The van der Waals surface area contributed by atoms with Crippen LogP contribution in [0.1, 0.15) is 24.7 Å². The van der Waals surface area contributed by atoms with Crippen molar-refractivity contribution in [3.63, 3.8) is 0 Å². The van der Waals surface area contributed by atoms with E-state index in [2.05, 4.69) is 20.9 Å². The van der Waals surface area contributed by atoms with Gasteiger partial charge in [-0.15, -0.1) is 0 Å². The maximum Gasteiger partial charge on any atom is 0.130 e. The Kier molecular flexibility index (Phi) is 3.60. The number of Topliss-reactive ketones (excluding diaryl/α,β-unsaturated/α-hetero) is 1. The minimum absolute atomic E-state index is 0.208. The second kappa shape index (κ2) is 4.51. The number of hydrogen-bond acceptors (Lipinski definition) is 2. The molecule has 1 aromatic rings. The fourth-order valence-electron chi connectivity index (χ4n) is 1.12. The average Bonchev–Trinajstić information content (AvgIpc) is 1.99. The summed E-state index contributed by atoms with van der Waals surface area (Å²) in [7, 11) is 0. The third kappa shape index (κ3) is 3.68. The number of pyridine rings is 1. The number of aromatic nitrogens is 1. The molecule has 0 spiro atoms. The zero-order chi connectivity index (χ0) is 9.84. The minimum Gasteiger partial charge on any atom is -0.300 e. The summed E-state index contributed by atoms with van der Waals surface area (Å²) < 4.78 is 1.03. The Balaban J connectivity index is 2.71. The van der Waals surface area contributed by atoms with E-state index in [1.807, 2.05) is 19.1 Å². The van der Waals surface area contributed by atoms with Gasteiger partial charge >= 0.3 is 0 Å². The Labute approximate surface area is 86.5 Å². The zero-order valence-corrected chi connectivity index (χ0v) is 9.39. The molecule has 70 valence electrons. The van der Waals surface area contributed by atoms with Gasteiger partial charge in [-0.1, -0.05) is 15.9 Å². The summed E-state index contributed by atoms with van der Waals surface area (Å²) in [5, 5.41) is 0. The lowest BCUT2D eigenvalue weighted by Gasteiger charge is -2.01. The monoisotopic (exact) mass is 241 g/mol. The number of halogens is 1. The van der Waals surface area contributed by atoms with Crippen LogP contribution in [0.3, 0.4) is 0 Å². The number of hydrogen-bond donors (Lipinski definition) is 0. The van der Waals surface area contributed by atoms with Gasteiger partial charge in [0, 0.05) is 22.3 Å². The summed E-state index contributed by atoms with van der Waals surface area (Å²) in [6.45, 7) is 3.55. The van der Waals surface area contributed by atoms with Crippen molar-refractivity contribution in [3.05, 3.63) is 28.0 Å². The molecular formula is C10H12BrNO. The van der Waals surface area contributed by atoms with Gasteiger partial charge in [0.2, 0.25) is 0 Å². The van der Waals surface area contributed by atoms with Gasteiger partial charge in [-0.2, -0.15) is 0 Å². The third-order valence-electron chi connectivity index (χ3n) is 1.70. The molecule has 0 aliphatic heterocycles. The Hall–Kier alpha value is -0.700. The van der Waals surface area contributed by atoms with Crippen LogP contribution in [0.4, 0.5) is 0 Å². The molecule has 0 fully saturated rings. The number of carbonyl (C=O) groups is 1. The van der Waals surface area contributed by atoms with Gasteiger partial charge in [0.25, 0.3) is 0 Å². The summed E-state index contributed by atoms with van der Waals surface area (Å²) in [6.07, 6.45) is 1.30. The Bertz CT molecular complexity index is 302. The topological polar surface area (TPSA) is 30.0 Å². The normalized spacial score (nSPS) is 10.1. The highest BCUT2D eigenvalue weighted by atomic mass is 79.9. The fraction of sp³-hybridized carbons (Fsp3) is 0.400. The van der Waals surface area contributed by atoms with Crippen LogP contribution in [-0.4, -0.2) is 10.8 Å². The highest BCUT2D eigenvalue weighted by Gasteiger charge is 2.00. The molecule has 0 amide bonds. The molecule has 0 bridgehead atoms. The predicted octanol–water partition coefficient (Wildman–Crippen LogP) is 2.67. The highest BCUT2D eigenvalue weighted by molar-refractivity contribution is 9.10. The Morgan fingerprint density at radius 2 is 2.23 bits per heavy atom. The molecular weight excluding hydrogens is 230 g/mol. The molecule has 0 aliphatic rings. The second-order valence-corrected chi connectivity index (χ2v) is 4.04. The van der Waals surface area contributed by atoms with E-state index >= 15 is 0 Å². The summed E-state index contributed by atoms with van der Waals surface area (Å²) in [6, 6.07) is 3.91. The number of carbonyl (C=O) groups excluding carboxylic acids is 1. The van der Waals surface area contributed by atoms with E-state index in [9.17, 15) is 4.79 Å². The average molecular weight is 242 g/mol. The quantitative estimate of drug-likeness (QED) is 0.815. The largest absolute Gasteiger partial charge is 0.300 e. The number of ketones is 1. The van der Waals surface area contributed by atoms with Crippen LogP contribution in [0.2, 0.25) is 0 Å². The molecule has 3 heteroatoms. The third-order valence-corrected chi connectivity index (χ3v) is 2.16. The lowest BCUT2D eigenvalue weighted by Crippen LogP contribution is -1.97. The SMILES string of the molecule is CC(=O)CCc1cc(Br)cc(C)n1. The standard InChI is InChI=1S/C10H12BrNO/c1-7-5-9(11)6-10(12-7)4-3-8(2)13/h5-6H,3-4H2,1-2H3. The predicted molar refractivity (Wildman–Crippen MR) is 55.7 cm³/mol. The summed E-state index contributed by atoms with van der Waals surface area (Å²) in [5.41, 5.74) is 1.95. The Morgan fingerprint density at radius 3 is 2.77 bits per heavy atom. The van der Waals surface area contributed by atoms with Crippen LogP contribution < -0.4 is 0 Å². The molecule has 0 radical (unpaired) electrons. The molecule has 0 aromatic carbocycles. The molecule has 0 saturated carbocycles. The summed E-state index contributed by atoms with van der Waals surface area (Å²) in [5.74, 6) is 0.208. The van der Waals surface area contributed by atoms with Crippen molar-refractivity contribution in [2.75, 3.05) is 0 Å². The van der Waals surface area contributed by atoms with Crippen molar-refractivity contribution in [1.29, 1.82) is 0 Å². The maximum atomic E-state index is 10.7. The van der Waals surface area contributed by atoms with E-state index in [-0.39, 0.29) is 5.78 Å². The van der Waals surface area contributed by atoms with Crippen molar-refractivity contribution >= 4 is 21.7 Å². The number of nitrogens with zero attached hydrogens (tertiary/aromatic N) is 1. The smallest absolute Gasteiger partial charge is 0.130 e. The van der Waals surface area contributed by atoms with Gasteiger partial charge in [-0.3, -0.25) is 4.98 Å². The van der Waals surface area contributed by atoms with Crippen LogP contribution in [0.25, 0.3) is 0 Å². The summed E-state index contributed by atoms with van der Waals surface area (Å²) >= 11 is 3.40. The van der Waals surface area contributed by atoms with Crippen LogP contribution in [-0.2, 0) is 11.2 Å². The van der Waals surface area contributed by atoms with Gasteiger partial charge in [0.15, 0.2) is 0 Å².